The summed E-state index contributed by atoms with van der Waals surface area (Å²) in [5.41, 5.74) is 7.66. The van der Waals surface area contributed by atoms with Gasteiger partial charge >= 0.3 is 0 Å². The second-order valence-corrected chi connectivity index (χ2v) is 6.11. The Morgan fingerprint density at radius 1 is 1.14 bits per heavy atom. The number of hydrogen-bond acceptors (Lipinski definition) is 4. The number of rotatable bonds is 3. The molecule has 6 heteroatoms. The van der Waals surface area contributed by atoms with E-state index in [1.165, 1.54) is 0 Å². The minimum absolute atomic E-state index is 0.00167. The Morgan fingerprint density at radius 3 is 2.62 bits per heavy atom. The fourth-order valence-corrected chi connectivity index (χ4v) is 2.30. The van der Waals surface area contributed by atoms with Gasteiger partial charge in [-0.25, -0.2) is 14.5 Å². The number of imidazole rings is 1. The second-order valence-electron chi connectivity index (χ2n) is 6.11. The van der Waals surface area contributed by atoms with E-state index >= 15 is 0 Å². The molecule has 0 aliphatic carbocycles. The average Bonchev–Trinajstić information content (AvgIpc) is 3.03. The average molecular weight is 284 g/mol. The number of nitrogens with zero attached hydrogens (tertiary/aromatic N) is 5. The maximum Gasteiger partial charge on any atom is 0.164 e. The van der Waals surface area contributed by atoms with Crippen molar-refractivity contribution in [1.82, 2.24) is 24.1 Å². The summed E-state index contributed by atoms with van der Waals surface area (Å²) in [4.78, 5) is 8.87. The van der Waals surface area contributed by atoms with Gasteiger partial charge in [0.05, 0.1) is 5.69 Å². The van der Waals surface area contributed by atoms with Gasteiger partial charge in [-0.1, -0.05) is 20.8 Å². The molecule has 2 N–H and O–H groups in total. The zero-order valence-electron chi connectivity index (χ0n) is 12.6. The van der Waals surface area contributed by atoms with E-state index in [9.17, 15) is 0 Å². The lowest BCUT2D eigenvalue weighted by molar-refractivity contribution is 0.562. The molecule has 0 aliphatic heterocycles. The van der Waals surface area contributed by atoms with Crippen LogP contribution in [0.5, 0.6) is 0 Å². The van der Waals surface area contributed by atoms with E-state index in [2.05, 4.69) is 41.9 Å². The van der Waals surface area contributed by atoms with Crippen LogP contribution in [0.25, 0.3) is 11.3 Å². The predicted octanol–water partition coefficient (Wildman–Crippen LogP) is 1.71. The van der Waals surface area contributed by atoms with E-state index in [1.54, 1.807) is 12.4 Å². The van der Waals surface area contributed by atoms with Crippen LogP contribution in [0.1, 0.15) is 32.3 Å². The van der Waals surface area contributed by atoms with Crippen LogP contribution in [-0.4, -0.2) is 30.7 Å². The summed E-state index contributed by atoms with van der Waals surface area (Å²) < 4.78 is 3.85. The first-order valence-electron chi connectivity index (χ1n) is 7.08. The molecule has 0 fully saturated rings. The first kappa shape index (κ1) is 13.8. The van der Waals surface area contributed by atoms with E-state index in [0.29, 0.717) is 6.54 Å². The largest absolute Gasteiger partial charge is 0.330 e. The van der Waals surface area contributed by atoms with E-state index in [-0.39, 0.29) is 5.41 Å². The molecule has 0 spiro atoms. The van der Waals surface area contributed by atoms with Crippen LogP contribution in [0, 0.1) is 0 Å². The van der Waals surface area contributed by atoms with Crippen LogP contribution in [-0.2, 0) is 11.8 Å². The molecule has 21 heavy (non-hydrogen) atoms. The quantitative estimate of drug-likeness (QED) is 0.794. The van der Waals surface area contributed by atoms with Crippen molar-refractivity contribution in [2.75, 3.05) is 6.54 Å². The third kappa shape index (κ3) is 2.42. The molecular weight excluding hydrogens is 264 g/mol. The number of fused-ring (bicyclic) bond motifs is 1. The highest BCUT2D eigenvalue weighted by molar-refractivity contribution is 5.61. The highest BCUT2D eigenvalue weighted by Crippen LogP contribution is 2.24. The van der Waals surface area contributed by atoms with Gasteiger partial charge in [0.1, 0.15) is 11.3 Å². The van der Waals surface area contributed by atoms with Crippen molar-refractivity contribution in [3.63, 3.8) is 0 Å². The molecule has 3 rings (SSSR count). The van der Waals surface area contributed by atoms with Gasteiger partial charge in [0.15, 0.2) is 5.82 Å². The van der Waals surface area contributed by atoms with E-state index in [1.807, 2.05) is 21.5 Å². The van der Waals surface area contributed by atoms with Crippen molar-refractivity contribution in [1.29, 1.82) is 0 Å². The Labute approximate surface area is 123 Å². The van der Waals surface area contributed by atoms with Crippen molar-refractivity contribution >= 4 is 5.52 Å². The standard InChI is InChI=1S/C15H20N6/c1-15(2,3)12-10-11-14(18-7-9-21(11)19-12)20-8-6-17-13(20)4-5-16/h6-10H,4-5,16H2,1-3H3. The predicted molar refractivity (Wildman–Crippen MR) is 81.6 cm³/mol. The summed E-state index contributed by atoms with van der Waals surface area (Å²) in [5, 5.41) is 4.65. The fraction of sp³-hybridized carbons (Fsp3) is 0.400. The van der Waals surface area contributed by atoms with Crippen LogP contribution < -0.4 is 5.73 Å². The Kier molecular flexibility index (Phi) is 3.25. The summed E-state index contributed by atoms with van der Waals surface area (Å²) in [5.74, 6) is 1.75. The summed E-state index contributed by atoms with van der Waals surface area (Å²) in [6.07, 6.45) is 8.03. The van der Waals surface area contributed by atoms with E-state index < -0.39 is 0 Å². The molecule has 0 amide bonds. The van der Waals surface area contributed by atoms with Gasteiger partial charge in [-0.3, -0.25) is 4.57 Å². The summed E-state index contributed by atoms with van der Waals surface area (Å²) in [6, 6.07) is 2.09. The highest BCUT2D eigenvalue weighted by atomic mass is 15.3. The van der Waals surface area contributed by atoms with E-state index in [4.69, 9.17) is 5.73 Å². The maximum absolute atomic E-state index is 5.65. The van der Waals surface area contributed by atoms with Gasteiger partial charge < -0.3 is 5.73 Å². The van der Waals surface area contributed by atoms with Crippen molar-refractivity contribution in [3.8, 4) is 5.82 Å². The van der Waals surface area contributed by atoms with E-state index in [0.717, 1.165) is 29.3 Å². The molecule has 6 nitrogen and oxygen atoms in total. The molecule has 110 valence electrons. The minimum atomic E-state index is -0.00167. The number of nitrogens with two attached hydrogens (primary N) is 1. The Morgan fingerprint density at radius 2 is 1.90 bits per heavy atom. The molecule has 0 unspecified atom stereocenters. The van der Waals surface area contributed by atoms with Gasteiger partial charge in [-0.2, -0.15) is 5.10 Å². The number of aromatic nitrogens is 5. The lowest BCUT2D eigenvalue weighted by atomic mass is 9.92. The van der Waals surface area contributed by atoms with Crippen LogP contribution in [0.2, 0.25) is 0 Å². The molecular formula is C15H20N6. The molecule has 0 saturated heterocycles. The molecule has 0 bridgehead atoms. The van der Waals surface area contributed by atoms with Crippen molar-refractivity contribution in [2.45, 2.75) is 32.6 Å². The Balaban J connectivity index is 2.19. The van der Waals surface area contributed by atoms with Gasteiger partial charge in [-0.15, -0.1) is 0 Å². The topological polar surface area (TPSA) is 74.0 Å². The number of hydrogen-bond donors (Lipinski definition) is 1. The summed E-state index contributed by atoms with van der Waals surface area (Å²) in [7, 11) is 0. The molecule has 0 aromatic carbocycles. The van der Waals surface area contributed by atoms with Crippen LogP contribution >= 0.6 is 0 Å². The van der Waals surface area contributed by atoms with Crippen molar-refractivity contribution in [3.05, 3.63) is 42.4 Å². The third-order valence-corrected chi connectivity index (χ3v) is 3.45. The SMILES string of the molecule is CC(C)(C)c1cc2c(-n3ccnc3CCN)nccn2n1. The second kappa shape index (κ2) is 4.96. The first-order chi connectivity index (χ1) is 10.0. The zero-order valence-corrected chi connectivity index (χ0v) is 12.6. The van der Waals surface area contributed by atoms with Gasteiger partial charge in [-0.05, 0) is 12.6 Å². The van der Waals surface area contributed by atoms with Gasteiger partial charge in [0.25, 0.3) is 0 Å². The van der Waals surface area contributed by atoms with Crippen LogP contribution in [0.4, 0.5) is 0 Å². The monoisotopic (exact) mass is 284 g/mol. The van der Waals surface area contributed by atoms with Crippen LogP contribution in [0.15, 0.2) is 30.9 Å². The molecule has 0 radical (unpaired) electrons. The lowest BCUT2D eigenvalue weighted by Crippen LogP contribution is -2.11. The first-order valence-corrected chi connectivity index (χ1v) is 7.08. The van der Waals surface area contributed by atoms with Crippen molar-refractivity contribution < 1.29 is 0 Å². The highest BCUT2D eigenvalue weighted by Gasteiger charge is 2.20. The molecule has 3 aromatic heterocycles. The summed E-state index contributed by atoms with van der Waals surface area (Å²) in [6.45, 7) is 7.02. The van der Waals surface area contributed by atoms with Gasteiger partial charge in [0.2, 0.25) is 0 Å². The van der Waals surface area contributed by atoms with Crippen LogP contribution in [0.3, 0.4) is 0 Å². The Hall–Kier alpha value is -2.21. The minimum Gasteiger partial charge on any atom is -0.330 e. The summed E-state index contributed by atoms with van der Waals surface area (Å²) >= 11 is 0. The van der Waals surface area contributed by atoms with Gasteiger partial charge in [0, 0.05) is 36.6 Å². The molecule has 3 heterocycles. The maximum atomic E-state index is 5.65. The Bertz CT molecular complexity index is 762. The smallest absolute Gasteiger partial charge is 0.164 e. The molecule has 3 aromatic rings. The normalized spacial score (nSPS) is 12.2. The lowest BCUT2D eigenvalue weighted by Gasteiger charge is -2.13. The third-order valence-electron chi connectivity index (χ3n) is 3.45. The molecule has 0 atom stereocenters. The molecule has 0 saturated carbocycles. The zero-order chi connectivity index (χ0) is 15.0. The fourth-order valence-electron chi connectivity index (χ4n) is 2.30. The van der Waals surface area contributed by atoms with Crippen molar-refractivity contribution in [2.24, 2.45) is 5.73 Å². The molecule has 0 aliphatic rings.